The average Bonchev–Trinajstić information content (AvgIpc) is 3.09. The van der Waals surface area contributed by atoms with E-state index in [0.29, 0.717) is 18.6 Å². The number of aliphatic hydroxyl groups is 1. The molecule has 6 nitrogen and oxygen atoms in total. The first-order valence-electron chi connectivity index (χ1n) is 12.3. The average molecular weight is 650 g/mol. The first-order valence-corrected chi connectivity index (χ1v) is 13.4. The topological polar surface area (TPSA) is 78.9 Å². The van der Waals surface area contributed by atoms with Crippen LogP contribution in [0.1, 0.15) is 49.8 Å². The van der Waals surface area contributed by atoms with E-state index < -0.39 is 41.0 Å². The van der Waals surface area contributed by atoms with Gasteiger partial charge in [0, 0.05) is 17.7 Å². The van der Waals surface area contributed by atoms with Crippen molar-refractivity contribution in [1.29, 1.82) is 0 Å². The Kier molecular flexibility index (Phi) is 9.74. The molecule has 1 atom stereocenters. The maximum atomic E-state index is 13.3. The van der Waals surface area contributed by atoms with Crippen LogP contribution in [-0.4, -0.2) is 47.4 Å². The van der Waals surface area contributed by atoms with Crippen LogP contribution in [0.15, 0.2) is 30.3 Å². The van der Waals surface area contributed by atoms with Gasteiger partial charge in [0.1, 0.15) is 11.3 Å². The van der Waals surface area contributed by atoms with E-state index in [-0.39, 0.29) is 64.4 Å². The van der Waals surface area contributed by atoms with E-state index in [1.54, 1.807) is 6.92 Å². The molecule has 1 saturated heterocycles. The number of amides is 3. The molecule has 2 aromatic rings. The third-order valence-electron chi connectivity index (χ3n) is 6.70. The van der Waals surface area contributed by atoms with Crippen molar-refractivity contribution in [3.05, 3.63) is 62.1 Å². The van der Waals surface area contributed by atoms with E-state index in [1.807, 2.05) is 0 Å². The summed E-state index contributed by atoms with van der Waals surface area (Å²) < 4.78 is 85.4. The molecule has 0 radical (unpaired) electrons. The lowest BCUT2D eigenvalue weighted by molar-refractivity contribution is -0.376. The van der Waals surface area contributed by atoms with Crippen LogP contribution in [0.25, 0.3) is 0 Å². The largest absolute Gasteiger partial charge is 0.493 e. The number of hydrogen-bond acceptors (Lipinski definition) is 4. The molecule has 226 valence electrons. The lowest BCUT2D eigenvalue weighted by atomic mass is 9.90. The Hall–Kier alpha value is -2.41. The fraction of sp³-hybridized carbons (Fsp3) is 0.462. The third kappa shape index (κ3) is 6.21. The number of nitrogens with one attached hydrogen (secondary N) is 1. The number of nitrogens with zero attached hydrogens (tertiary/aromatic N) is 1. The van der Waals surface area contributed by atoms with Crippen LogP contribution in [0.3, 0.4) is 0 Å². The van der Waals surface area contributed by atoms with Crippen molar-refractivity contribution < 1.29 is 45.8 Å². The van der Waals surface area contributed by atoms with Gasteiger partial charge in [-0.3, -0.25) is 9.69 Å². The fourth-order valence-electron chi connectivity index (χ4n) is 4.45. The highest BCUT2D eigenvalue weighted by atomic mass is 35.5. The van der Waals surface area contributed by atoms with Crippen molar-refractivity contribution in [2.75, 3.05) is 13.2 Å². The van der Waals surface area contributed by atoms with Crippen LogP contribution < -0.4 is 10.1 Å². The summed E-state index contributed by atoms with van der Waals surface area (Å²) in [7, 11) is 0. The maximum Gasteiger partial charge on any atom is 0.430 e. The molecule has 0 spiro atoms. The number of unbranched alkanes of at least 4 members (excludes halogenated alkanes) is 1. The van der Waals surface area contributed by atoms with Crippen LogP contribution in [0, 0.1) is 0 Å². The fourth-order valence-corrected chi connectivity index (χ4v) is 5.17. The van der Waals surface area contributed by atoms with Crippen LogP contribution >= 0.6 is 34.8 Å². The van der Waals surface area contributed by atoms with E-state index in [4.69, 9.17) is 39.5 Å². The first kappa shape index (κ1) is 33.1. The van der Waals surface area contributed by atoms with E-state index in [0.717, 1.165) is 11.0 Å². The first-order chi connectivity index (χ1) is 18.9. The van der Waals surface area contributed by atoms with Crippen molar-refractivity contribution in [3.63, 3.8) is 0 Å². The smallest absolute Gasteiger partial charge is 0.430 e. The molecule has 3 amide bonds. The number of benzene rings is 2. The summed E-state index contributed by atoms with van der Waals surface area (Å²) in [6, 6.07) is 4.38. The Labute approximate surface area is 246 Å². The van der Waals surface area contributed by atoms with Gasteiger partial charge in [-0.1, -0.05) is 60.3 Å². The zero-order chi connectivity index (χ0) is 31.0. The van der Waals surface area contributed by atoms with Crippen molar-refractivity contribution in [2.45, 2.75) is 63.0 Å². The summed E-state index contributed by atoms with van der Waals surface area (Å²) >= 11 is 18.3. The molecule has 1 unspecified atom stereocenters. The molecule has 0 aromatic heterocycles. The van der Waals surface area contributed by atoms with Crippen LogP contribution in [0.2, 0.25) is 15.1 Å². The number of urea groups is 1. The number of alkyl halides is 6. The second kappa shape index (κ2) is 12.1. The van der Waals surface area contributed by atoms with Crippen molar-refractivity contribution >= 4 is 46.7 Å². The normalized spacial score (nSPS) is 18.2. The summed E-state index contributed by atoms with van der Waals surface area (Å²) in [6.45, 7) is 3.12. The van der Waals surface area contributed by atoms with Crippen LogP contribution in [-0.2, 0) is 22.4 Å². The number of carbonyl (C=O) groups is 2. The van der Waals surface area contributed by atoms with E-state index in [9.17, 15) is 41.0 Å². The molecule has 1 fully saturated rings. The number of imide groups is 1. The molecule has 1 heterocycles. The predicted molar refractivity (Wildman–Crippen MR) is 140 cm³/mol. The Morgan fingerprint density at radius 3 is 2.20 bits per heavy atom. The molecule has 41 heavy (non-hydrogen) atoms. The van der Waals surface area contributed by atoms with Gasteiger partial charge < -0.3 is 15.2 Å². The molecule has 2 N–H and O–H groups in total. The second-order valence-electron chi connectivity index (χ2n) is 9.57. The summed E-state index contributed by atoms with van der Waals surface area (Å²) in [5, 5.41) is 12.5. The number of rotatable bonds is 10. The van der Waals surface area contributed by atoms with Crippen molar-refractivity contribution in [3.8, 4) is 5.75 Å². The minimum atomic E-state index is -6.00. The van der Waals surface area contributed by atoms with E-state index in [1.165, 1.54) is 19.1 Å². The zero-order valence-corrected chi connectivity index (χ0v) is 23.9. The minimum absolute atomic E-state index is 0.00644. The monoisotopic (exact) mass is 648 g/mol. The van der Waals surface area contributed by atoms with Gasteiger partial charge in [-0.05, 0) is 49.9 Å². The number of hydrogen-bond donors (Lipinski definition) is 2. The van der Waals surface area contributed by atoms with Gasteiger partial charge >= 0.3 is 18.4 Å². The Morgan fingerprint density at radius 1 is 0.976 bits per heavy atom. The van der Waals surface area contributed by atoms with Gasteiger partial charge in [0.2, 0.25) is 0 Å². The molecule has 0 saturated carbocycles. The number of carbonyl (C=O) groups excluding carboxylic acids is 2. The van der Waals surface area contributed by atoms with Gasteiger partial charge in [-0.25, -0.2) is 4.79 Å². The molecule has 1 aliphatic heterocycles. The maximum absolute atomic E-state index is 13.3. The van der Waals surface area contributed by atoms with Crippen LogP contribution in [0.4, 0.5) is 31.1 Å². The number of halogens is 9. The molecule has 0 bridgehead atoms. The number of ether oxygens (including phenoxy) is 1. The predicted octanol–water partition coefficient (Wildman–Crippen LogP) is 7.54. The molecular weight excluding hydrogens is 625 g/mol. The lowest BCUT2D eigenvalue weighted by Crippen LogP contribution is -2.53. The van der Waals surface area contributed by atoms with Crippen molar-refractivity contribution in [1.82, 2.24) is 10.2 Å². The highest BCUT2D eigenvalue weighted by molar-refractivity contribution is 6.48. The van der Waals surface area contributed by atoms with Gasteiger partial charge in [0.25, 0.3) is 11.5 Å². The zero-order valence-electron chi connectivity index (χ0n) is 21.7. The SMILES string of the molecule is CCCc1cc(C(O)(C(F)(F)F)C(F)(F)F)ccc1OCCCCN1C(=O)NC(C)(c2ccc(Cl)c(Cl)c2Cl)C1=O. The summed E-state index contributed by atoms with van der Waals surface area (Å²) in [6.07, 6.45) is -11.0. The second-order valence-corrected chi connectivity index (χ2v) is 10.7. The van der Waals surface area contributed by atoms with Gasteiger partial charge in [-0.15, -0.1) is 0 Å². The van der Waals surface area contributed by atoms with Gasteiger partial charge in [0.05, 0.1) is 21.7 Å². The number of aryl methyl sites for hydroxylation is 1. The Bertz CT molecular complexity index is 1310. The van der Waals surface area contributed by atoms with Crippen molar-refractivity contribution in [2.24, 2.45) is 0 Å². The van der Waals surface area contributed by atoms with Gasteiger partial charge in [-0.2, -0.15) is 26.3 Å². The highest BCUT2D eigenvalue weighted by Crippen LogP contribution is 2.50. The minimum Gasteiger partial charge on any atom is -0.493 e. The molecule has 0 aliphatic carbocycles. The summed E-state index contributed by atoms with van der Waals surface area (Å²) in [5.41, 5.74) is -7.59. The highest BCUT2D eigenvalue weighted by Gasteiger charge is 2.71. The van der Waals surface area contributed by atoms with Crippen LogP contribution in [0.5, 0.6) is 5.75 Å². The van der Waals surface area contributed by atoms with Gasteiger partial charge in [0.15, 0.2) is 0 Å². The molecule has 15 heteroatoms. The molecular formula is C26H25Cl3F6N2O4. The standard InChI is InChI=1S/C26H25Cl3F6N2O4/c1-3-6-14-13-15(24(40,25(30,31)32)26(33,34)35)7-10-18(14)41-12-5-4-11-37-21(38)23(2,36-22(37)39)16-8-9-17(27)20(29)19(16)28/h7-10,13,40H,3-6,11-12H2,1-2H3,(H,36,39). The molecule has 1 aliphatic rings. The van der Waals surface area contributed by atoms with E-state index >= 15 is 0 Å². The third-order valence-corrected chi connectivity index (χ3v) is 7.99. The molecule has 2 aromatic carbocycles. The summed E-state index contributed by atoms with van der Waals surface area (Å²) in [5.74, 6) is -0.523. The lowest BCUT2D eigenvalue weighted by Gasteiger charge is -2.33. The molecule has 3 rings (SSSR count). The Balaban J connectivity index is 1.67. The quantitative estimate of drug-likeness (QED) is 0.121. The Morgan fingerprint density at radius 2 is 1.61 bits per heavy atom. The van der Waals surface area contributed by atoms with E-state index in [2.05, 4.69) is 5.32 Å². The summed E-state index contributed by atoms with van der Waals surface area (Å²) in [4.78, 5) is 26.7.